The van der Waals surface area contributed by atoms with Crippen molar-refractivity contribution >= 4 is 11.6 Å². The molecule has 1 fully saturated rings. The van der Waals surface area contributed by atoms with Crippen LogP contribution in [-0.2, 0) is 9.47 Å². The fourth-order valence-corrected chi connectivity index (χ4v) is 1.92. The first-order valence-electron chi connectivity index (χ1n) is 5.41. The number of ether oxygens (including phenoxy) is 2. The van der Waals surface area contributed by atoms with Crippen molar-refractivity contribution in [3.63, 3.8) is 0 Å². The highest BCUT2D eigenvalue weighted by Crippen LogP contribution is 2.24. The van der Waals surface area contributed by atoms with Crippen LogP contribution in [0.1, 0.15) is 23.6 Å². The van der Waals surface area contributed by atoms with Crippen molar-refractivity contribution in [1.82, 2.24) is 0 Å². The Labute approximate surface area is 100 Å². The van der Waals surface area contributed by atoms with Crippen LogP contribution in [-0.4, -0.2) is 19.5 Å². The van der Waals surface area contributed by atoms with Gasteiger partial charge in [0, 0.05) is 17.5 Å². The molecule has 1 aliphatic heterocycles. The van der Waals surface area contributed by atoms with Crippen LogP contribution in [0.15, 0.2) is 18.2 Å². The Morgan fingerprint density at radius 3 is 2.75 bits per heavy atom. The number of rotatable bonds is 3. The summed E-state index contributed by atoms with van der Waals surface area (Å²) in [6, 6.07) is 5.80. The summed E-state index contributed by atoms with van der Waals surface area (Å²) < 4.78 is 10.7. The van der Waals surface area contributed by atoms with E-state index < -0.39 is 0 Å². The van der Waals surface area contributed by atoms with Gasteiger partial charge < -0.3 is 15.2 Å². The van der Waals surface area contributed by atoms with Gasteiger partial charge in [-0.05, 0) is 24.1 Å². The summed E-state index contributed by atoms with van der Waals surface area (Å²) in [6.45, 7) is 3.29. The first kappa shape index (κ1) is 11.9. The van der Waals surface area contributed by atoms with E-state index in [4.69, 9.17) is 26.8 Å². The predicted octanol–water partition coefficient (Wildman–Crippen LogP) is 2.41. The smallest absolute Gasteiger partial charge is 0.159 e. The van der Waals surface area contributed by atoms with Crippen molar-refractivity contribution in [3.8, 4) is 0 Å². The van der Waals surface area contributed by atoms with Crippen molar-refractivity contribution in [2.24, 2.45) is 5.73 Å². The van der Waals surface area contributed by atoms with Gasteiger partial charge in [0.2, 0.25) is 0 Å². The fraction of sp³-hybridized carbons (Fsp3) is 0.500. The van der Waals surface area contributed by atoms with Gasteiger partial charge in [-0.2, -0.15) is 0 Å². The predicted molar refractivity (Wildman–Crippen MR) is 63.4 cm³/mol. The van der Waals surface area contributed by atoms with Crippen molar-refractivity contribution < 1.29 is 9.47 Å². The highest BCUT2D eigenvalue weighted by molar-refractivity contribution is 6.31. The Hall–Kier alpha value is -0.610. The van der Waals surface area contributed by atoms with Crippen LogP contribution in [0, 0.1) is 6.92 Å². The average molecular weight is 242 g/mol. The Bertz CT molecular complexity index is 364. The molecule has 2 rings (SSSR count). The van der Waals surface area contributed by atoms with E-state index in [0.717, 1.165) is 16.1 Å². The van der Waals surface area contributed by atoms with E-state index in [9.17, 15) is 0 Å². The van der Waals surface area contributed by atoms with E-state index >= 15 is 0 Å². The molecule has 3 nitrogen and oxygen atoms in total. The molecule has 88 valence electrons. The molecule has 1 aromatic carbocycles. The van der Waals surface area contributed by atoms with Crippen molar-refractivity contribution in [2.45, 2.75) is 25.7 Å². The minimum absolute atomic E-state index is 0.0961. The minimum Gasteiger partial charge on any atom is -0.350 e. The van der Waals surface area contributed by atoms with Crippen LogP contribution in [0.25, 0.3) is 0 Å². The van der Waals surface area contributed by atoms with E-state index in [1.807, 2.05) is 25.1 Å². The number of hydrogen-bond donors (Lipinski definition) is 1. The molecule has 1 aliphatic rings. The summed E-state index contributed by atoms with van der Waals surface area (Å²) in [4.78, 5) is 0. The third-order valence-corrected chi connectivity index (χ3v) is 3.17. The molecule has 16 heavy (non-hydrogen) atoms. The third-order valence-electron chi connectivity index (χ3n) is 2.76. The topological polar surface area (TPSA) is 44.5 Å². The maximum absolute atomic E-state index is 6.08. The first-order valence-corrected chi connectivity index (χ1v) is 5.79. The second-order valence-corrected chi connectivity index (χ2v) is 4.43. The standard InChI is InChI=1S/C12H16ClNO2/c1-8-2-3-9(6-10(8)13)11(14)7-12-15-4-5-16-12/h2-3,6,11-12H,4-5,7,14H2,1H3. The summed E-state index contributed by atoms with van der Waals surface area (Å²) in [5.41, 5.74) is 8.16. The van der Waals surface area contributed by atoms with Crippen LogP contribution < -0.4 is 5.73 Å². The molecule has 2 N–H and O–H groups in total. The van der Waals surface area contributed by atoms with E-state index in [-0.39, 0.29) is 12.3 Å². The Kier molecular flexibility index (Phi) is 3.82. The van der Waals surface area contributed by atoms with E-state index in [2.05, 4.69) is 0 Å². The minimum atomic E-state index is -0.171. The fourth-order valence-electron chi connectivity index (χ4n) is 1.73. The van der Waals surface area contributed by atoms with Gasteiger partial charge in [0.05, 0.1) is 13.2 Å². The molecule has 0 aromatic heterocycles. The Morgan fingerprint density at radius 1 is 1.44 bits per heavy atom. The van der Waals surface area contributed by atoms with Crippen molar-refractivity contribution in [3.05, 3.63) is 34.3 Å². The normalized spacial score (nSPS) is 18.9. The van der Waals surface area contributed by atoms with Crippen LogP contribution in [0.2, 0.25) is 5.02 Å². The number of hydrogen-bond acceptors (Lipinski definition) is 3. The lowest BCUT2D eigenvalue weighted by Crippen LogP contribution is -2.19. The zero-order valence-corrected chi connectivity index (χ0v) is 10.0. The van der Waals surface area contributed by atoms with Gasteiger partial charge in [-0.25, -0.2) is 0 Å². The molecule has 0 bridgehead atoms. The second-order valence-electron chi connectivity index (χ2n) is 4.02. The average Bonchev–Trinajstić information content (AvgIpc) is 2.74. The zero-order chi connectivity index (χ0) is 11.5. The second kappa shape index (κ2) is 5.15. The lowest BCUT2D eigenvalue weighted by Gasteiger charge is -2.16. The molecule has 0 spiro atoms. The SMILES string of the molecule is Cc1ccc(C(N)CC2OCCO2)cc1Cl. The van der Waals surface area contributed by atoms with Gasteiger partial charge in [0.25, 0.3) is 0 Å². The quantitative estimate of drug-likeness (QED) is 0.884. The van der Waals surface area contributed by atoms with Crippen molar-refractivity contribution in [1.29, 1.82) is 0 Å². The Morgan fingerprint density at radius 2 is 2.12 bits per heavy atom. The number of benzene rings is 1. The molecule has 0 saturated carbocycles. The highest BCUT2D eigenvalue weighted by atomic mass is 35.5. The highest BCUT2D eigenvalue weighted by Gasteiger charge is 2.20. The van der Waals surface area contributed by atoms with Gasteiger partial charge in [0.15, 0.2) is 6.29 Å². The molecule has 4 heteroatoms. The molecule has 1 aromatic rings. The molecule has 1 atom stereocenters. The molecule has 1 heterocycles. The number of aryl methyl sites for hydroxylation is 1. The van der Waals surface area contributed by atoms with Crippen LogP contribution in [0.5, 0.6) is 0 Å². The molecule has 0 aliphatic carbocycles. The van der Waals surface area contributed by atoms with Crippen LogP contribution >= 0.6 is 11.6 Å². The largest absolute Gasteiger partial charge is 0.350 e. The van der Waals surface area contributed by atoms with E-state index in [0.29, 0.717) is 19.6 Å². The summed E-state index contributed by atoms with van der Waals surface area (Å²) in [5, 5.41) is 0.751. The zero-order valence-electron chi connectivity index (χ0n) is 9.28. The third kappa shape index (κ3) is 2.74. The Balaban J connectivity index is 2.02. The maximum atomic E-state index is 6.08. The van der Waals surface area contributed by atoms with Gasteiger partial charge >= 0.3 is 0 Å². The van der Waals surface area contributed by atoms with Gasteiger partial charge in [-0.1, -0.05) is 23.7 Å². The number of nitrogens with two attached hydrogens (primary N) is 1. The monoisotopic (exact) mass is 241 g/mol. The van der Waals surface area contributed by atoms with Gasteiger partial charge in [-0.3, -0.25) is 0 Å². The molecular weight excluding hydrogens is 226 g/mol. The maximum Gasteiger partial charge on any atom is 0.159 e. The summed E-state index contributed by atoms with van der Waals surface area (Å²) >= 11 is 6.06. The summed E-state index contributed by atoms with van der Waals surface area (Å²) in [7, 11) is 0. The molecular formula is C12H16ClNO2. The summed E-state index contributed by atoms with van der Waals surface area (Å²) in [6.07, 6.45) is 0.495. The van der Waals surface area contributed by atoms with Gasteiger partial charge in [0.1, 0.15) is 0 Å². The first-order chi connectivity index (χ1) is 7.66. The van der Waals surface area contributed by atoms with Gasteiger partial charge in [-0.15, -0.1) is 0 Å². The van der Waals surface area contributed by atoms with Crippen LogP contribution in [0.3, 0.4) is 0 Å². The lowest BCUT2D eigenvalue weighted by atomic mass is 10.0. The molecule has 1 unspecified atom stereocenters. The molecule has 1 saturated heterocycles. The molecule has 0 radical (unpaired) electrons. The van der Waals surface area contributed by atoms with E-state index in [1.54, 1.807) is 0 Å². The van der Waals surface area contributed by atoms with E-state index in [1.165, 1.54) is 0 Å². The lowest BCUT2D eigenvalue weighted by molar-refractivity contribution is -0.0507. The molecule has 0 amide bonds. The van der Waals surface area contributed by atoms with Crippen molar-refractivity contribution in [2.75, 3.05) is 13.2 Å². The summed E-state index contributed by atoms with van der Waals surface area (Å²) in [5.74, 6) is 0. The van der Waals surface area contributed by atoms with Crippen LogP contribution in [0.4, 0.5) is 0 Å². The number of halogens is 1.